The number of carbonyl (C=O) groups excluding carboxylic acids is 3. The molecule has 1 saturated heterocycles. The zero-order chi connectivity index (χ0) is 22.1. The molecular weight excluding hydrogens is 392 g/mol. The minimum absolute atomic E-state index is 0.0705. The van der Waals surface area contributed by atoms with Crippen LogP contribution in [0, 0.1) is 5.92 Å². The topological polar surface area (TPSA) is 126 Å². The van der Waals surface area contributed by atoms with Crippen LogP contribution in [-0.2, 0) is 20.9 Å². The number of amides is 3. The van der Waals surface area contributed by atoms with Crippen molar-refractivity contribution in [3.8, 4) is 5.75 Å². The monoisotopic (exact) mass is 416 g/mol. The number of imide groups is 1. The maximum Gasteiger partial charge on any atom is 0.336 e. The van der Waals surface area contributed by atoms with Crippen LogP contribution in [0.1, 0.15) is 39.2 Å². The van der Waals surface area contributed by atoms with Gasteiger partial charge in [0.25, 0.3) is 5.91 Å². The molecule has 2 heterocycles. The van der Waals surface area contributed by atoms with Crippen LogP contribution in [-0.4, -0.2) is 40.0 Å². The van der Waals surface area contributed by atoms with E-state index >= 15 is 0 Å². The molecule has 1 aliphatic rings. The lowest BCUT2D eigenvalue weighted by Crippen LogP contribution is -2.44. The summed E-state index contributed by atoms with van der Waals surface area (Å²) in [6.07, 6.45) is 1.22. The standard InChI is InChI=1S/C21H24N2O7/c1-12(2)6-7-21(3)19(27)23(20(28)22-21)10-18(26)29-11-13-8-17(25)30-16-9-14(24)4-5-15(13)16/h4-5,8-9,12,24H,6-7,10-11H2,1-3H3,(H,22,28)/t21-/m1/s1. The van der Waals surface area contributed by atoms with Gasteiger partial charge in [-0.05, 0) is 37.8 Å². The van der Waals surface area contributed by atoms with Gasteiger partial charge in [0.1, 0.15) is 30.0 Å². The van der Waals surface area contributed by atoms with Crippen LogP contribution in [0.15, 0.2) is 33.5 Å². The summed E-state index contributed by atoms with van der Waals surface area (Å²) in [7, 11) is 0. The van der Waals surface area contributed by atoms with Gasteiger partial charge in [-0.25, -0.2) is 9.59 Å². The maximum atomic E-state index is 12.7. The summed E-state index contributed by atoms with van der Waals surface area (Å²) in [4.78, 5) is 49.7. The first-order valence-electron chi connectivity index (χ1n) is 9.64. The molecule has 0 bridgehead atoms. The van der Waals surface area contributed by atoms with Crippen molar-refractivity contribution in [1.82, 2.24) is 10.2 Å². The number of urea groups is 1. The van der Waals surface area contributed by atoms with Crippen LogP contribution in [0.25, 0.3) is 11.0 Å². The van der Waals surface area contributed by atoms with E-state index in [0.29, 0.717) is 23.3 Å². The number of phenols is 1. The molecule has 0 radical (unpaired) electrons. The van der Waals surface area contributed by atoms with Gasteiger partial charge in [0, 0.05) is 23.1 Å². The largest absolute Gasteiger partial charge is 0.508 e. The van der Waals surface area contributed by atoms with Gasteiger partial charge in [0.15, 0.2) is 0 Å². The average molecular weight is 416 g/mol. The van der Waals surface area contributed by atoms with Gasteiger partial charge in [-0.3, -0.25) is 14.5 Å². The predicted octanol–water partition coefficient (Wildman–Crippen LogP) is 2.29. The highest BCUT2D eigenvalue weighted by Gasteiger charge is 2.48. The number of benzene rings is 1. The molecule has 0 unspecified atom stereocenters. The van der Waals surface area contributed by atoms with E-state index in [1.54, 1.807) is 6.92 Å². The number of fused-ring (bicyclic) bond motifs is 1. The first kappa shape index (κ1) is 21.4. The maximum absolute atomic E-state index is 12.7. The summed E-state index contributed by atoms with van der Waals surface area (Å²) in [6, 6.07) is 4.79. The highest BCUT2D eigenvalue weighted by molar-refractivity contribution is 6.08. The van der Waals surface area contributed by atoms with Crippen LogP contribution in [0.3, 0.4) is 0 Å². The third kappa shape index (κ3) is 4.45. The van der Waals surface area contributed by atoms with Gasteiger partial charge >= 0.3 is 17.6 Å². The molecule has 2 aromatic rings. The fourth-order valence-electron chi connectivity index (χ4n) is 3.31. The second-order valence-electron chi connectivity index (χ2n) is 8.02. The second kappa shape index (κ2) is 8.17. The summed E-state index contributed by atoms with van der Waals surface area (Å²) in [5.41, 5.74) is -1.16. The SMILES string of the molecule is CC(C)CC[C@@]1(C)NC(=O)N(CC(=O)OCc2cc(=O)oc3cc(O)ccc23)C1=O. The molecule has 0 saturated carbocycles. The number of aromatic hydroxyl groups is 1. The summed E-state index contributed by atoms with van der Waals surface area (Å²) < 4.78 is 10.2. The molecule has 3 amide bonds. The number of rotatable bonds is 7. The Morgan fingerprint density at radius 2 is 2.00 bits per heavy atom. The Balaban J connectivity index is 1.67. The molecule has 1 fully saturated rings. The van der Waals surface area contributed by atoms with Crippen LogP contribution in [0.4, 0.5) is 4.79 Å². The number of ether oxygens (including phenoxy) is 1. The van der Waals surface area contributed by atoms with E-state index in [1.165, 1.54) is 24.3 Å². The first-order chi connectivity index (χ1) is 14.1. The second-order valence-corrected chi connectivity index (χ2v) is 8.02. The number of nitrogens with one attached hydrogen (secondary N) is 1. The van der Waals surface area contributed by atoms with Crippen molar-refractivity contribution in [3.05, 3.63) is 40.2 Å². The van der Waals surface area contributed by atoms with E-state index in [4.69, 9.17) is 9.15 Å². The lowest BCUT2D eigenvalue weighted by molar-refractivity contribution is -0.148. The Bertz CT molecular complexity index is 1060. The van der Waals surface area contributed by atoms with Gasteiger partial charge in [-0.15, -0.1) is 0 Å². The smallest absolute Gasteiger partial charge is 0.336 e. The quantitative estimate of drug-likeness (QED) is 0.403. The van der Waals surface area contributed by atoms with Crippen molar-refractivity contribution in [3.63, 3.8) is 0 Å². The van der Waals surface area contributed by atoms with Gasteiger partial charge < -0.3 is 19.6 Å². The summed E-state index contributed by atoms with van der Waals surface area (Å²) in [6.45, 7) is 4.91. The van der Waals surface area contributed by atoms with Crippen molar-refractivity contribution >= 4 is 28.9 Å². The normalized spacial score (nSPS) is 18.9. The molecule has 160 valence electrons. The highest BCUT2D eigenvalue weighted by Crippen LogP contribution is 2.25. The van der Waals surface area contributed by atoms with Crippen LogP contribution in [0.5, 0.6) is 5.75 Å². The number of hydrogen-bond donors (Lipinski definition) is 2. The Hall–Kier alpha value is -3.36. The van der Waals surface area contributed by atoms with E-state index in [0.717, 1.165) is 11.3 Å². The molecule has 30 heavy (non-hydrogen) atoms. The lowest BCUT2D eigenvalue weighted by atomic mass is 9.92. The lowest BCUT2D eigenvalue weighted by Gasteiger charge is -2.22. The zero-order valence-corrected chi connectivity index (χ0v) is 17.1. The summed E-state index contributed by atoms with van der Waals surface area (Å²) in [5.74, 6) is -0.956. The van der Waals surface area contributed by atoms with Crippen LogP contribution < -0.4 is 10.9 Å². The molecule has 1 aromatic carbocycles. The number of carbonyl (C=O) groups is 3. The van der Waals surface area contributed by atoms with Gasteiger partial charge in [-0.2, -0.15) is 0 Å². The van der Waals surface area contributed by atoms with Crippen molar-refractivity contribution in [1.29, 1.82) is 0 Å². The fourth-order valence-corrected chi connectivity index (χ4v) is 3.31. The van der Waals surface area contributed by atoms with E-state index in [2.05, 4.69) is 5.32 Å². The summed E-state index contributed by atoms with van der Waals surface area (Å²) in [5, 5.41) is 12.7. The number of phenolic OH excluding ortho intramolecular Hbond substituents is 1. The third-order valence-corrected chi connectivity index (χ3v) is 5.06. The Labute approximate surface area is 172 Å². The predicted molar refractivity (Wildman–Crippen MR) is 107 cm³/mol. The molecule has 1 aromatic heterocycles. The number of nitrogens with zero attached hydrogens (tertiary/aromatic N) is 1. The third-order valence-electron chi connectivity index (χ3n) is 5.06. The Morgan fingerprint density at radius 1 is 1.27 bits per heavy atom. The number of esters is 1. The zero-order valence-electron chi connectivity index (χ0n) is 17.1. The first-order valence-corrected chi connectivity index (χ1v) is 9.64. The van der Waals surface area contributed by atoms with Gasteiger partial charge in [-0.1, -0.05) is 13.8 Å². The highest BCUT2D eigenvalue weighted by atomic mass is 16.5. The van der Waals surface area contributed by atoms with Gasteiger partial charge in [0.2, 0.25) is 0 Å². The molecule has 1 aliphatic heterocycles. The van der Waals surface area contributed by atoms with Crippen molar-refractivity contribution in [2.75, 3.05) is 6.54 Å². The van der Waals surface area contributed by atoms with E-state index < -0.39 is 35.6 Å². The fraction of sp³-hybridized carbons (Fsp3) is 0.429. The molecule has 1 atom stereocenters. The van der Waals surface area contributed by atoms with E-state index in [-0.39, 0.29) is 17.9 Å². The average Bonchev–Trinajstić information content (AvgIpc) is 2.87. The van der Waals surface area contributed by atoms with E-state index in [1.807, 2.05) is 13.8 Å². The molecule has 0 aliphatic carbocycles. The Morgan fingerprint density at radius 3 is 2.70 bits per heavy atom. The van der Waals surface area contributed by atoms with Crippen LogP contribution in [0.2, 0.25) is 0 Å². The molecule has 0 spiro atoms. The van der Waals surface area contributed by atoms with Crippen LogP contribution >= 0.6 is 0 Å². The minimum Gasteiger partial charge on any atom is -0.508 e. The Kier molecular flexibility index (Phi) is 5.82. The van der Waals surface area contributed by atoms with E-state index in [9.17, 15) is 24.3 Å². The van der Waals surface area contributed by atoms with Gasteiger partial charge in [0.05, 0.1) is 0 Å². The van der Waals surface area contributed by atoms with Crippen molar-refractivity contribution in [2.24, 2.45) is 5.92 Å². The molecular formula is C21H24N2O7. The molecule has 9 nitrogen and oxygen atoms in total. The molecule has 3 rings (SSSR count). The minimum atomic E-state index is -1.04. The van der Waals surface area contributed by atoms with Crippen molar-refractivity contribution in [2.45, 2.75) is 45.8 Å². The summed E-state index contributed by atoms with van der Waals surface area (Å²) >= 11 is 0. The molecule has 2 N–H and O–H groups in total. The number of hydrogen-bond acceptors (Lipinski definition) is 7. The molecule has 9 heteroatoms. The van der Waals surface area contributed by atoms with Crippen molar-refractivity contribution < 1.29 is 28.6 Å².